The Morgan fingerprint density at radius 3 is 2.78 bits per heavy atom. The Kier molecular flexibility index (Phi) is 4.98. The quantitative estimate of drug-likeness (QED) is 0.595. The zero-order chi connectivity index (χ0) is 7.11. The third kappa shape index (κ3) is 5.15. The van der Waals surface area contributed by atoms with Crippen LogP contribution in [0.1, 0.15) is 26.2 Å². The van der Waals surface area contributed by atoms with Crippen molar-refractivity contribution in [3.8, 4) is 0 Å². The molecule has 0 bridgehead atoms. The fourth-order valence-corrected chi connectivity index (χ4v) is 0.607. The summed E-state index contributed by atoms with van der Waals surface area (Å²) < 4.78 is 0. The minimum atomic E-state index is 1.06. The molecule has 52 valence electrons. The summed E-state index contributed by atoms with van der Waals surface area (Å²) in [5.41, 5.74) is 1.06. The van der Waals surface area contributed by atoms with E-state index in [9.17, 15) is 0 Å². The lowest BCUT2D eigenvalue weighted by Crippen LogP contribution is -2.01. The van der Waals surface area contributed by atoms with Gasteiger partial charge in [-0.25, -0.2) is 0 Å². The Morgan fingerprint density at radius 1 is 1.67 bits per heavy atom. The molecule has 0 aromatic heterocycles. The SMILES string of the molecule is C=CNC(=C)CCCC. The predicted molar refractivity (Wildman–Crippen MR) is 42.0 cm³/mol. The topological polar surface area (TPSA) is 12.0 Å². The third-order valence-corrected chi connectivity index (χ3v) is 1.14. The number of hydrogen-bond acceptors (Lipinski definition) is 1. The lowest BCUT2D eigenvalue weighted by Gasteiger charge is -2.01. The number of allylic oxidation sites excluding steroid dienone is 1. The second kappa shape index (κ2) is 5.42. The van der Waals surface area contributed by atoms with Gasteiger partial charge in [-0.3, -0.25) is 0 Å². The Balaban J connectivity index is 3.16. The zero-order valence-corrected chi connectivity index (χ0v) is 6.11. The molecule has 1 N–H and O–H groups in total. The minimum absolute atomic E-state index is 1.06. The Labute approximate surface area is 57.5 Å². The van der Waals surface area contributed by atoms with E-state index < -0.39 is 0 Å². The number of rotatable bonds is 5. The van der Waals surface area contributed by atoms with Crippen molar-refractivity contribution in [1.29, 1.82) is 0 Å². The molecule has 1 heteroatoms. The fourth-order valence-electron chi connectivity index (χ4n) is 0.607. The highest BCUT2D eigenvalue weighted by molar-refractivity contribution is 4.94. The predicted octanol–water partition coefficient (Wildman–Crippen LogP) is 2.42. The van der Waals surface area contributed by atoms with Crippen molar-refractivity contribution in [3.05, 3.63) is 25.1 Å². The first-order chi connectivity index (χ1) is 4.31. The van der Waals surface area contributed by atoms with Crippen molar-refractivity contribution >= 4 is 0 Å². The molecule has 0 fully saturated rings. The van der Waals surface area contributed by atoms with E-state index in [1.54, 1.807) is 6.20 Å². The van der Waals surface area contributed by atoms with Crippen LogP contribution in [0, 0.1) is 0 Å². The maximum Gasteiger partial charge on any atom is 0.00731 e. The molecular weight excluding hydrogens is 110 g/mol. The van der Waals surface area contributed by atoms with Crippen LogP contribution in [0.5, 0.6) is 0 Å². The van der Waals surface area contributed by atoms with E-state index in [0.717, 1.165) is 12.1 Å². The van der Waals surface area contributed by atoms with Crippen LogP contribution in [0.3, 0.4) is 0 Å². The van der Waals surface area contributed by atoms with Crippen molar-refractivity contribution in [2.45, 2.75) is 26.2 Å². The molecule has 0 atom stereocenters. The van der Waals surface area contributed by atoms with Crippen LogP contribution in [0.4, 0.5) is 0 Å². The van der Waals surface area contributed by atoms with Gasteiger partial charge in [-0.1, -0.05) is 26.5 Å². The summed E-state index contributed by atoms with van der Waals surface area (Å²) in [6.45, 7) is 9.50. The number of unbranched alkanes of at least 4 members (excludes halogenated alkanes) is 1. The smallest absolute Gasteiger partial charge is 0.00731 e. The van der Waals surface area contributed by atoms with Crippen LogP contribution in [0.15, 0.2) is 25.1 Å². The monoisotopic (exact) mass is 125 g/mol. The summed E-state index contributed by atoms with van der Waals surface area (Å²) in [7, 11) is 0. The van der Waals surface area contributed by atoms with E-state index in [1.165, 1.54) is 12.8 Å². The van der Waals surface area contributed by atoms with Gasteiger partial charge in [0.1, 0.15) is 0 Å². The summed E-state index contributed by atoms with van der Waals surface area (Å²) in [5, 5.41) is 2.95. The summed E-state index contributed by atoms with van der Waals surface area (Å²) in [4.78, 5) is 0. The second-order valence-electron chi connectivity index (χ2n) is 2.06. The zero-order valence-electron chi connectivity index (χ0n) is 6.11. The highest BCUT2D eigenvalue weighted by Crippen LogP contribution is 2.00. The van der Waals surface area contributed by atoms with E-state index in [1.807, 2.05) is 0 Å². The normalized spacial score (nSPS) is 8.56. The molecule has 0 aliphatic rings. The first kappa shape index (κ1) is 8.28. The molecule has 0 amide bonds. The lowest BCUT2D eigenvalue weighted by molar-refractivity contribution is 0.758. The maximum absolute atomic E-state index is 3.80. The maximum atomic E-state index is 3.80. The van der Waals surface area contributed by atoms with Gasteiger partial charge in [-0.15, -0.1) is 0 Å². The molecule has 0 aliphatic carbocycles. The van der Waals surface area contributed by atoms with Crippen molar-refractivity contribution in [2.24, 2.45) is 0 Å². The van der Waals surface area contributed by atoms with Gasteiger partial charge in [-0.2, -0.15) is 0 Å². The molecule has 0 saturated heterocycles. The van der Waals surface area contributed by atoms with Crippen LogP contribution in [0.2, 0.25) is 0 Å². The summed E-state index contributed by atoms with van der Waals surface area (Å²) in [6.07, 6.45) is 5.15. The Hall–Kier alpha value is -0.720. The lowest BCUT2D eigenvalue weighted by atomic mass is 10.2. The molecule has 0 aromatic rings. The van der Waals surface area contributed by atoms with E-state index in [4.69, 9.17) is 0 Å². The Morgan fingerprint density at radius 2 is 2.33 bits per heavy atom. The molecule has 0 aliphatic heterocycles. The molecule has 0 spiro atoms. The molecule has 9 heavy (non-hydrogen) atoms. The van der Waals surface area contributed by atoms with E-state index in [-0.39, 0.29) is 0 Å². The van der Waals surface area contributed by atoms with Gasteiger partial charge >= 0.3 is 0 Å². The van der Waals surface area contributed by atoms with Gasteiger partial charge in [0.15, 0.2) is 0 Å². The van der Waals surface area contributed by atoms with Crippen LogP contribution in [-0.4, -0.2) is 0 Å². The van der Waals surface area contributed by atoms with Gasteiger partial charge in [0.25, 0.3) is 0 Å². The Bertz CT molecular complexity index is 94.7. The van der Waals surface area contributed by atoms with Gasteiger partial charge in [0, 0.05) is 5.70 Å². The average molecular weight is 125 g/mol. The molecule has 0 heterocycles. The first-order valence-electron chi connectivity index (χ1n) is 3.36. The van der Waals surface area contributed by atoms with E-state index in [0.29, 0.717) is 0 Å². The van der Waals surface area contributed by atoms with E-state index >= 15 is 0 Å². The van der Waals surface area contributed by atoms with Gasteiger partial charge in [0.2, 0.25) is 0 Å². The highest BCUT2D eigenvalue weighted by Gasteiger charge is 1.86. The van der Waals surface area contributed by atoms with Crippen molar-refractivity contribution in [1.82, 2.24) is 5.32 Å². The second-order valence-corrected chi connectivity index (χ2v) is 2.06. The van der Waals surface area contributed by atoms with Crippen molar-refractivity contribution < 1.29 is 0 Å². The minimum Gasteiger partial charge on any atom is -0.366 e. The van der Waals surface area contributed by atoms with Crippen molar-refractivity contribution in [3.63, 3.8) is 0 Å². The van der Waals surface area contributed by atoms with Gasteiger partial charge in [0.05, 0.1) is 0 Å². The molecule has 0 aromatic carbocycles. The molecule has 0 saturated carbocycles. The molecular formula is C8H15N. The van der Waals surface area contributed by atoms with E-state index in [2.05, 4.69) is 25.4 Å². The third-order valence-electron chi connectivity index (χ3n) is 1.14. The number of hydrogen-bond donors (Lipinski definition) is 1. The molecule has 0 rings (SSSR count). The summed E-state index contributed by atoms with van der Waals surface area (Å²) in [6, 6.07) is 0. The summed E-state index contributed by atoms with van der Waals surface area (Å²) >= 11 is 0. The van der Waals surface area contributed by atoms with Gasteiger partial charge in [-0.05, 0) is 19.0 Å². The molecule has 1 nitrogen and oxygen atoms in total. The average Bonchev–Trinajstić information content (AvgIpc) is 1.85. The fraction of sp³-hybridized carbons (Fsp3) is 0.500. The highest BCUT2D eigenvalue weighted by atomic mass is 14.8. The largest absolute Gasteiger partial charge is 0.366 e. The number of nitrogens with one attached hydrogen (secondary N) is 1. The van der Waals surface area contributed by atoms with Gasteiger partial charge < -0.3 is 5.32 Å². The molecule has 0 radical (unpaired) electrons. The first-order valence-corrected chi connectivity index (χ1v) is 3.36. The van der Waals surface area contributed by atoms with Crippen LogP contribution in [0.25, 0.3) is 0 Å². The van der Waals surface area contributed by atoms with Crippen LogP contribution < -0.4 is 5.32 Å². The van der Waals surface area contributed by atoms with Crippen molar-refractivity contribution in [2.75, 3.05) is 0 Å². The van der Waals surface area contributed by atoms with Crippen LogP contribution >= 0.6 is 0 Å². The van der Waals surface area contributed by atoms with Crippen LogP contribution in [-0.2, 0) is 0 Å². The molecule has 0 unspecified atom stereocenters. The summed E-state index contributed by atoms with van der Waals surface area (Å²) in [5.74, 6) is 0. The standard InChI is InChI=1S/C8H15N/c1-4-6-7-8(3)9-5-2/h5,9H,2-4,6-7H2,1H3.